The van der Waals surface area contributed by atoms with Crippen LogP contribution in [0.3, 0.4) is 0 Å². The summed E-state index contributed by atoms with van der Waals surface area (Å²) in [6.07, 6.45) is 0. The van der Waals surface area contributed by atoms with Crippen molar-refractivity contribution in [2.24, 2.45) is 5.92 Å². The van der Waals surface area contributed by atoms with E-state index >= 15 is 0 Å². The lowest BCUT2D eigenvalue weighted by atomic mass is 10.1. The van der Waals surface area contributed by atoms with Crippen LogP contribution in [0, 0.1) is 5.92 Å². The van der Waals surface area contributed by atoms with Gasteiger partial charge in [-0.05, 0) is 30.7 Å². The van der Waals surface area contributed by atoms with Gasteiger partial charge in [-0.3, -0.25) is 0 Å². The lowest BCUT2D eigenvalue weighted by molar-refractivity contribution is 0.395. The molecule has 0 saturated heterocycles. The molecule has 2 rings (SSSR count). The van der Waals surface area contributed by atoms with Gasteiger partial charge in [0.2, 0.25) is 0 Å². The third-order valence-corrected chi connectivity index (χ3v) is 3.09. The molecule has 0 radical (unpaired) electrons. The summed E-state index contributed by atoms with van der Waals surface area (Å²) in [7, 11) is 3.26. The van der Waals surface area contributed by atoms with Crippen LogP contribution in [0.1, 0.15) is 19.5 Å². The van der Waals surface area contributed by atoms with Crippen molar-refractivity contribution in [3.8, 4) is 22.8 Å². The molecule has 0 saturated carbocycles. The topological polar surface area (TPSA) is 56.5 Å². The highest BCUT2D eigenvalue weighted by atomic mass is 16.5. The molecule has 1 N–H and O–H groups in total. The molecule has 0 atom stereocenters. The van der Waals surface area contributed by atoms with E-state index in [9.17, 15) is 0 Å². The molecule has 21 heavy (non-hydrogen) atoms. The molecule has 0 amide bonds. The molecule has 0 aliphatic rings. The first-order chi connectivity index (χ1) is 10.1. The summed E-state index contributed by atoms with van der Waals surface area (Å²) in [6, 6.07) is 7.51. The Balaban J connectivity index is 2.16. The number of nitrogens with zero attached hydrogens (tertiary/aromatic N) is 1. The van der Waals surface area contributed by atoms with Gasteiger partial charge >= 0.3 is 0 Å². The zero-order chi connectivity index (χ0) is 15.2. The van der Waals surface area contributed by atoms with Crippen molar-refractivity contribution in [1.82, 2.24) is 10.5 Å². The predicted octanol–water partition coefficient (Wildman–Crippen LogP) is 3.10. The van der Waals surface area contributed by atoms with E-state index < -0.39 is 0 Å². The second-order valence-corrected chi connectivity index (χ2v) is 5.27. The zero-order valence-corrected chi connectivity index (χ0v) is 13.0. The predicted molar refractivity (Wildman–Crippen MR) is 81.6 cm³/mol. The highest BCUT2D eigenvalue weighted by Gasteiger charge is 2.13. The van der Waals surface area contributed by atoms with Gasteiger partial charge in [-0.1, -0.05) is 19.0 Å². The lowest BCUT2D eigenvalue weighted by Crippen LogP contribution is -2.18. The van der Waals surface area contributed by atoms with E-state index in [1.807, 2.05) is 24.3 Å². The van der Waals surface area contributed by atoms with Crippen molar-refractivity contribution < 1.29 is 14.0 Å². The molecule has 1 aromatic carbocycles. The third-order valence-electron chi connectivity index (χ3n) is 3.09. The Morgan fingerprint density at radius 2 is 2.00 bits per heavy atom. The van der Waals surface area contributed by atoms with Gasteiger partial charge in [0.1, 0.15) is 11.5 Å². The van der Waals surface area contributed by atoms with Crippen LogP contribution in [0.25, 0.3) is 11.3 Å². The Hall–Kier alpha value is -2.01. The van der Waals surface area contributed by atoms with Gasteiger partial charge in [-0.15, -0.1) is 0 Å². The summed E-state index contributed by atoms with van der Waals surface area (Å²) in [5.41, 5.74) is 1.70. The summed E-state index contributed by atoms with van der Waals surface area (Å²) in [6.45, 7) is 5.98. The molecule has 0 unspecified atom stereocenters. The minimum atomic E-state index is 0.606. The van der Waals surface area contributed by atoms with E-state index in [0.29, 0.717) is 18.2 Å². The number of methoxy groups -OCH3 is 2. The maximum absolute atomic E-state index is 5.42. The highest BCUT2D eigenvalue weighted by Crippen LogP contribution is 2.33. The molecule has 0 spiro atoms. The van der Waals surface area contributed by atoms with Crippen LogP contribution in [0.15, 0.2) is 28.8 Å². The quantitative estimate of drug-likeness (QED) is 0.849. The Morgan fingerprint density at radius 1 is 1.19 bits per heavy atom. The van der Waals surface area contributed by atoms with Crippen LogP contribution in [0.5, 0.6) is 11.5 Å². The van der Waals surface area contributed by atoms with E-state index in [2.05, 4.69) is 24.3 Å². The standard InChI is InChI=1S/C16H22N2O3/c1-11(2)9-17-10-12-7-16(21-18-12)14-8-13(19-3)5-6-15(14)20-4/h5-8,11,17H,9-10H2,1-4H3. The fourth-order valence-corrected chi connectivity index (χ4v) is 2.02. The first-order valence-electron chi connectivity index (χ1n) is 7.02. The van der Waals surface area contributed by atoms with Crippen molar-refractivity contribution in [3.05, 3.63) is 30.0 Å². The SMILES string of the molecule is COc1ccc(OC)c(-c2cc(CNCC(C)C)no2)c1. The highest BCUT2D eigenvalue weighted by molar-refractivity contribution is 5.67. The molecular weight excluding hydrogens is 268 g/mol. The number of nitrogens with one attached hydrogen (secondary N) is 1. The molecule has 1 heterocycles. The number of ether oxygens (including phenoxy) is 2. The van der Waals surface area contributed by atoms with E-state index in [1.54, 1.807) is 14.2 Å². The van der Waals surface area contributed by atoms with E-state index in [-0.39, 0.29) is 0 Å². The van der Waals surface area contributed by atoms with Gasteiger partial charge in [0.05, 0.1) is 25.5 Å². The number of aromatic nitrogens is 1. The van der Waals surface area contributed by atoms with Gasteiger partial charge < -0.3 is 19.3 Å². The fraction of sp³-hybridized carbons (Fsp3) is 0.438. The Bertz CT molecular complexity index is 579. The summed E-state index contributed by atoms with van der Waals surface area (Å²) < 4.78 is 16.0. The minimum Gasteiger partial charge on any atom is -0.497 e. The Kier molecular flexibility index (Phi) is 5.22. The first-order valence-corrected chi connectivity index (χ1v) is 7.02. The second-order valence-electron chi connectivity index (χ2n) is 5.27. The molecule has 0 aliphatic heterocycles. The molecule has 0 bridgehead atoms. The number of hydrogen-bond acceptors (Lipinski definition) is 5. The molecule has 0 fully saturated rings. The largest absolute Gasteiger partial charge is 0.497 e. The van der Waals surface area contributed by atoms with E-state index in [4.69, 9.17) is 14.0 Å². The molecular formula is C16H22N2O3. The average Bonchev–Trinajstić information content (AvgIpc) is 2.95. The fourth-order valence-electron chi connectivity index (χ4n) is 2.02. The normalized spacial score (nSPS) is 10.9. The molecule has 0 aliphatic carbocycles. The summed E-state index contributed by atoms with van der Waals surface area (Å²) in [4.78, 5) is 0. The molecule has 1 aromatic heterocycles. The zero-order valence-electron chi connectivity index (χ0n) is 13.0. The Morgan fingerprint density at radius 3 is 2.67 bits per heavy atom. The van der Waals surface area contributed by atoms with Crippen molar-refractivity contribution in [3.63, 3.8) is 0 Å². The molecule has 5 heteroatoms. The minimum absolute atomic E-state index is 0.606. The van der Waals surface area contributed by atoms with Crippen LogP contribution in [0.2, 0.25) is 0 Å². The monoisotopic (exact) mass is 290 g/mol. The van der Waals surface area contributed by atoms with Crippen molar-refractivity contribution in [2.75, 3.05) is 20.8 Å². The molecule has 2 aromatic rings. The lowest BCUT2D eigenvalue weighted by Gasteiger charge is -2.07. The van der Waals surface area contributed by atoms with Crippen LogP contribution in [0.4, 0.5) is 0 Å². The smallest absolute Gasteiger partial charge is 0.171 e. The summed E-state index contributed by atoms with van der Waals surface area (Å²) in [5.74, 6) is 2.76. The second kappa shape index (κ2) is 7.13. The number of hydrogen-bond donors (Lipinski definition) is 1. The van der Waals surface area contributed by atoms with Crippen molar-refractivity contribution in [2.45, 2.75) is 20.4 Å². The Labute approximate surface area is 125 Å². The van der Waals surface area contributed by atoms with E-state index in [1.165, 1.54) is 0 Å². The average molecular weight is 290 g/mol. The molecule has 5 nitrogen and oxygen atoms in total. The van der Waals surface area contributed by atoms with Gasteiger partial charge in [0.15, 0.2) is 5.76 Å². The van der Waals surface area contributed by atoms with Crippen LogP contribution < -0.4 is 14.8 Å². The number of benzene rings is 1. The summed E-state index contributed by atoms with van der Waals surface area (Å²) in [5, 5.41) is 7.43. The van der Waals surface area contributed by atoms with Gasteiger partial charge in [-0.2, -0.15) is 0 Å². The van der Waals surface area contributed by atoms with Gasteiger partial charge in [-0.25, -0.2) is 0 Å². The van der Waals surface area contributed by atoms with Crippen molar-refractivity contribution in [1.29, 1.82) is 0 Å². The van der Waals surface area contributed by atoms with Gasteiger partial charge in [0, 0.05) is 12.6 Å². The maximum atomic E-state index is 5.42. The maximum Gasteiger partial charge on any atom is 0.171 e. The van der Waals surface area contributed by atoms with Gasteiger partial charge in [0.25, 0.3) is 0 Å². The number of rotatable bonds is 7. The molecule has 114 valence electrons. The van der Waals surface area contributed by atoms with Crippen molar-refractivity contribution >= 4 is 0 Å². The van der Waals surface area contributed by atoms with Crippen LogP contribution >= 0.6 is 0 Å². The first kappa shape index (κ1) is 15.4. The van der Waals surface area contributed by atoms with E-state index in [0.717, 1.165) is 29.3 Å². The summed E-state index contributed by atoms with van der Waals surface area (Å²) >= 11 is 0. The van der Waals surface area contributed by atoms with Crippen LogP contribution in [-0.2, 0) is 6.54 Å². The third kappa shape index (κ3) is 3.98. The van der Waals surface area contributed by atoms with Crippen LogP contribution in [-0.4, -0.2) is 25.9 Å².